The highest BCUT2D eigenvalue weighted by Gasteiger charge is 2.52. The lowest BCUT2D eigenvalue weighted by atomic mass is 9.82. The Bertz CT molecular complexity index is 1950. The smallest absolute Gasteiger partial charge is 0.399 e. The summed E-state index contributed by atoms with van der Waals surface area (Å²) in [4.78, 5) is 27.6. The zero-order valence-corrected chi connectivity index (χ0v) is 25.5. The van der Waals surface area contributed by atoms with Crippen molar-refractivity contribution in [2.24, 2.45) is 14.1 Å². The molecule has 0 bridgehead atoms. The van der Waals surface area contributed by atoms with Crippen molar-refractivity contribution in [1.82, 2.24) is 48.8 Å². The lowest BCUT2D eigenvalue weighted by molar-refractivity contribution is 0.00578. The first kappa shape index (κ1) is 31.7. The maximum Gasteiger partial charge on any atom is 0.498 e. The van der Waals surface area contributed by atoms with Gasteiger partial charge in [-0.05, 0) is 55.8 Å². The number of rotatable bonds is 2. The van der Waals surface area contributed by atoms with E-state index in [1.54, 1.807) is 44.6 Å². The molecule has 6 aromatic rings. The number of nitrogens with one attached hydrogen (secondary N) is 2. The molecule has 2 N–H and O–H groups in total. The largest absolute Gasteiger partial charge is 0.498 e. The van der Waals surface area contributed by atoms with E-state index in [9.17, 15) is 9.59 Å². The zero-order valence-electron chi connectivity index (χ0n) is 23.9. The van der Waals surface area contributed by atoms with Gasteiger partial charge in [0, 0.05) is 66.1 Å². The third-order valence-corrected chi connectivity index (χ3v) is 7.51. The van der Waals surface area contributed by atoms with E-state index in [2.05, 4.69) is 46.3 Å². The Hall–Kier alpha value is -4.28. The van der Waals surface area contributed by atoms with Gasteiger partial charge in [-0.25, -0.2) is 9.03 Å². The summed E-state index contributed by atoms with van der Waals surface area (Å²) in [6.07, 6.45) is 13.6. The van der Waals surface area contributed by atoms with Crippen LogP contribution in [0.3, 0.4) is 0 Å². The fourth-order valence-electron chi connectivity index (χ4n) is 4.12. The summed E-state index contributed by atoms with van der Waals surface area (Å²) in [5.41, 5.74) is 3.08. The molecule has 1 saturated heterocycles. The highest BCUT2D eigenvalue weighted by Crippen LogP contribution is 2.36. The van der Waals surface area contributed by atoms with Gasteiger partial charge < -0.3 is 19.3 Å². The SMILES string of the molecule is C.Cn1cc(-c2cc3c(=O)[nH]cnn3c2)cn1.Cn1cc(B2OC(C)(C)C(C)(C)O2)cn1.O=c1[nH]cnn2cc(Br)cc12. The number of aromatic nitrogens is 10. The molecule has 7 rings (SSSR count). The molecule has 16 heteroatoms. The summed E-state index contributed by atoms with van der Waals surface area (Å²) >= 11 is 3.25. The van der Waals surface area contributed by atoms with Crippen molar-refractivity contribution < 1.29 is 9.31 Å². The number of nitrogens with zero attached hydrogens (tertiary/aromatic N) is 8. The summed E-state index contributed by atoms with van der Waals surface area (Å²) in [5.74, 6) is 0. The first-order valence-corrected chi connectivity index (χ1v) is 13.7. The molecule has 1 aliphatic rings. The van der Waals surface area contributed by atoms with Crippen molar-refractivity contribution in [1.29, 1.82) is 0 Å². The first-order valence-electron chi connectivity index (χ1n) is 12.9. The Morgan fingerprint density at radius 3 is 1.77 bits per heavy atom. The van der Waals surface area contributed by atoms with Crippen molar-refractivity contribution in [2.45, 2.75) is 46.3 Å². The summed E-state index contributed by atoms with van der Waals surface area (Å²) < 4.78 is 19.2. The van der Waals surface area contributed by atoms with Gasteiger partial charge in [-0.2, -0.15) is 20.4 Å². The van der Waals surface area contributed by atoms with Crippen LogP contribution < -0.4 is 16.6 Å². The molecule has 6 aromatic heterocycles. The van der Waals surface area contributed by atoms with Crippen molar-refractivity contribution in [2.75, 3.05) is 0 Å². The molecule has 1 aliphatic heterocycles. The molecule has 0 amide bonds. The maximum absolute atomic E-state index is 11.5. The third kappa shape index (κ3) is 6.71. The minimum Gasteiger partial charge on any atom is -0.399 e. The van der Waals surface area contributed by atoms with Gasteiger partial charge in [0.1, 0.15) is 23.7 Å². The highest BCUT2D eigenvalue weighted by atomic mass is 79.9. The minimum absolute atomic E-state index is 0. The Labute approximate surface area is 255 Å². The standard InChI is InChI=1S/C10H17BN2O2.C10H9N5O.C6H4BrN3O.CH4/c1-9(2)10(3,4)15-11(14-9)8-6-12-13(5)7-8;1-14-4-8(3-12-14)7-2-9-10(16)11-6-13-15(9)5-7;7-4-1-5-6(11)8-3-9-10(5)2-4;/h6-7H,1-5H3;2-6H,1H3,(H,11,13,16);1-3H,(H,8,9,11);1H4. The molecule has 1 fully saturated rings. The van der Waals surface area contributed by atoms with Gasteiger partial charge in [0.05, 0.1) is 17.4 Å². The van der Waals surface area contributed by atoms with E-state index in [0.717, 1.165) is 21.1 Å². The van der Waals surface area contributed by atoms with Crippen LogP contribution in [0, 0.1) is 0 Å². The number of fused-ring (bicyclic) bond motifs is 2. The van der Waals surface area contributed by atoms with Crippen LogP contribution in [0.25, 0.3) is 22.2 Å². The van der Waals surface area contributed by atoms with E-state index >= 15 is 0 Å². The van der Waals surface area contributed by atoms with Crippen LogP contribution in [0.2, 0.25) is 0 Å². The molecule has 0 aliphatic carbocycles. The first-order chi connectivity index (χ1) is 19.8. The molecule has 0 spiro atoms. The summed E-state index contributed by atoms with van der Waals surface area (Å²) in [5, 5.41) is 16.1. The Morgan fingerprint density at radius 1 is 0.744 bits per heavy atom. The van der Waals surface area contributed by atoms with Crippen LogP contribution in [0.1, 0.15) is 35.1 Å². The molecule has 7 heterocycles. The van der Waals surface area contributed by atoms with Gasteiger partial charge in [0.25, 0.3) is 11.1 Å². The number of hydrogen-bond donors (Lipinski definition) is 2. The quantitative estimate of drug-likeness (QED) is 0.271. The number of aromatic amines is 2. The Kier molecular flexibility index (Phi) is 8.94. The van der Waals surface area contributed by atoms with Crippen LogP contribution in [0.15, 0.2) is 76.0 Å². The molecular formula is C27H34BBrN10O4. The van der Waals surface area contributed by atoms with Crippen molar-refractivity contribution in [3.8, 4) is 11.1 Å². The molecule has 0 atom stereocenters. The highest BCUT2D eigenvalue weighted by molar-refractivity contribution is 9.10. The fraction of sp³-hybridized carbons (Fsp3) is 0.333. The Balaban J connectivity index is 0.000000148. The number of H-pyrrole nitrogens is 2. The van der Waals surface area contributed by atoms with Gasteiger partial charge in [0.2, 0.25) is 0 Å². The zero-order chi connectivity index (χ0) is 30.2. The topological polar surface area (TPSA) is 154 Å². The minimum atomic E-state index is -0.302. The normalized spacial score (nSPS) is 15.0. The van der Waals surface area contributed by atoms with Crippen LogP contribution in [-0.4, -0.2) is 67.1 Å². The summed E-state index contributed by atoms with van der Waals surface area (Å²) in [6, 6.07) is 3.51. The lowest BCUT2D eigenvalue weighted by Crippen LogP contribution is -2.41. The van der Waals surface area contributed by atoms with Crippen LogP contribution in [-0.2, 0) is 23.4 Å². The lowest BCUT2D eigenvalue weighted by Gasteiger charge is -2.32. The van der Waals surface area contributed by atoms with E-state index in [0.29, 0.717) is 11.0 Å². The van der Waals surface area contributed by atoms with E-state index in [4.69, 9.17) is 9.31 Å². The van der Waals surface area contributed by atoms with E-state index < -0.39 is 0 Å². The van der Waals surface area contributed by atoms with E-state index in [1.807, 2.05) is 60.4 Å². The molecule has 0 aromatic carbocycles. The summed E-state index contributed by atoms with van der Waals surface area (Å²) in [6.45, 7) is 8.18. The second-order valence-corrected chi connectivity index (χ2v) is 11.6. The molecular weight excluding hydrogens is 619 g/mol. The van der Waals surface area contributed by atoms with Crippen molar-refractivity contribution >= 4 is 39.5 Å². The Morgan fingerprint density at radius 2 is 1.28 bits per heavy atom. The van der Waals surface area contributed by atoms with Crippen molar-refractivity contribution in [3.63, 3.8) is 0 Å². The van der Waals surface area contributed by atoms with Gasteiger partial charge in [-0.15, -0.1) is 0 Å². The number of halogens is 1. The fourth-order valence-corrected chi connectivity index (χ4v) is 4.53. The molecule has 43 heavy (non-hydrogen) atoms. The predicted octanol–water partition coefficient (Wildman–Crippen LogP) is 2.56. The van der Waals surface area contributed by atoms with Gasteiger partial charge in [-0.3, -0.25) is 19.0 Å². The van der Waals surface area contributed by atoms with Crippen LogP contribution >= 0.6 is 15.9 Å². The average Bonchev–Trinajstić information content (AvgIpc) is 3.72. The van der Waals surface area contributed by atoms with E-state index in [-0.39, 0.29) is 36.9 Å². The van der Waals surface area contributed by atoms with Gasteiger partial charge in [-0.1, -0.05) is 7.43 Å². The van der Waals surface area contributed by atoms with Gasteiger partial charge >= 0.3 is 7.12 Å². The molecule has 0 radical (unpaired) electrons. The predicted molar refractivity (Wildman–Crippen MR) is 167 cm³/mol. The maximum atomic E-state index is 11.5. The van der Waals surface area contributed by atoms with E-state index in [1.165, 1.54) is 17.2 Å². The molecule has 0 unspecified atom stereocenters. The molecule has 226 valence electrons. The molecule has 14 nitrogen and oxygen atoms in total. The van der Waals surface area contributed by atoms with Crippen LogP contribution in [0.4, 0.5) is 0 Å². The third-order valence-electron chi connectivity index (χ3n) is 7.08. The van der Waals surface area contributed by atoms with Crippen molar-refractivity contribution in [3.05, 3.63) is 87.1 Å². The summed E-state index contributed by atoms with van der Waals surface area (Å²) in [7, 11) is 3.43. The average molecular weight is 653 g/mol. The van der Waals surface area contributed by atoms with Gasteiger partial charge in [0.15, 0.2) is 0 Å². The van der Waals surface area contributed by atoms with Crippen LogP contribution in [0.5, 0.6) is 0 Å². The second-order valence-electron chi connectivity index (χ2n) is 10.7. The number of hydrogen-bond acceptors (Lipinski definition) is 8. The number of aryl methyl sites for hydroxylation is 2. The molecule has 0 saturated carbocycles. The second kappa shape index (κ2) is 12.1. The monoisotopic (exact) mass is 652 g/mol.